The van der Waals surface area contributed by atoms with Gasteiger partial charge in [-0.05, 0) is 46.3 Å². The van der Waals surface area contributed by atoms with Gasteiger partial charge in [-0.25, -0.2) is 4.98 Å². The molecule has 0 aliphatic rings. The van der Waals surface area contributed by atoms with Gasteiger partial charge < -0.3 is 14.3 Å². The number of anilines is 1. The first-order chi connectivity index (χ1) is 14.4. The predicted octanol–water partition coefficient (Wildman–Crippen LogP) is 6.00. The molecule has 30 heavy (non-hydrogen) atoms. The van der Waals surface area contributed by atoms with Crippen LogP contribution < -0.4 is 5.32 Å². The van der Waals surface area contributed by atoms with Crippen LogP contribution in [0.5, 0.6) is 0 Å². The Kier molecular flexibility index (Phi) is 6.49. The van der Waals surface area contributed by atoms with Crippen LogP contribution in [0, 0.1) is 0 Å². The van der Waals surface area contributed by atoms with Crippen LogP contribution in [0.2, 0.25) is 10.0 Å². The standard InChI is InChI=1S/C18H12BrCl2N5O2S2/c1-26-16(13-4-5-14(19)28-13)24-25-18(26)30-8-15(27)23-17-22-12(7-29-17)10-3-2-9(20)6-11(10)21/h2-7H,8H2,1H3,(H,22,23,27). The van der Waals surface area contributed by atoms with Crippen molar-refractivity contribution < 1.29 is 9.21 Å². The summed E-state index contributed by atoms with van der Waals surface area (Å²) in [4.78, 5) is 16.8. The van der Waals surface area contributed by atoms with Crippen LogP contribution in [0.15, 0.2) is 50.0 Å². The summed E-state index contributed by atoms with van der Waals surface area (Å²) in [6.07, 6.45) is 0. The first-order valence-corrected chi connectivity index (χ1v) is 11.8. The molecule has 0 radical (unpaired) electrons. The fourth-order valence-electron chi connectivity index (χ4n) is 2.53. The number of amides is 1. The van der Waals surface area contributed by atoms with Crippen LogP contribution >= 0.6 is 62.2 Å². The van der Waals surface area contributed by atoms with E-state index in [1.54, 1.807) is 34.9 Å². The Morgan fingerprint density at radius 1 is 1.30 bits per heavy atom. The minimum absolute atomic E-state index is 0.157. The van der Waals surface area contributed by atoms with Gasteiger partial charge >= 0.3 is 0 Å². The quantitative estimate of drug-likeness (QED) is 0.300. The van der Waals surface area contributed by atoms with Crippen LogP contribution in [-0.4, -0.2) is 31.4 Å². The topological polar surface area (TPSA) is 85.8 Å². The molecule has 0 aliphatic heterocycles. The van der Waals surface area contributed by atoms with Crippen molar-refractivity contribution in [2.75, 3.05) is 11.1 Å². The van der Waals surface area contributed by atoms with Crippen molar-refractivity contribution in [3.05, 3.63) is 50.4 Å². The molecule has 4 rings (SSSR count). The van der Waals surface area contributed by atoms with E-state index in [1.807, 2.05) is 12.4 Å². The lowest BCUT2D eigenvalue weighted by atomic mass is 10.2. The summed E-state index contributed by atoms with van der Waals surface area (Å²) < 4.78 is 7.88. The molecule has 1 amide bonds. The maximum Gasteiger partial charge on any atom is 0.236 e. The number of furan rings is 1. The second kappa shape index (κ2) is 9.11. The summed E-state index contributed by atoms with van der Waals surface area (Å²) >= 11 is 18.0. The highest BCUT2D eigenvalue weighted by Gasteiger charge is 2.16. The number of rotatable bonds is 6. The maximum absolute atomic E-state index is 12.3. The lowest BCUT2D eigenvalue weighted by molar-refractivity contribution is -0.113. The highest BCUT2D eigenvalue weighted by molar-refractivity contribution is 9.10. The molecule has 0 saturated carbocycles. The molecular formula is C18H12BrCl2N5O2S2. The predicted molar refractivity (Wildman–Crippen MR) is 123 cm³/mol. The third kappa shape index (κ3) is 4.73. The molecule has 0 saturated heterocycles. The third-order valence-corrected chi connectivity index (χ3v) is 6.67. The Morgan fingerprint density at radius 3 is 2.87 bits per heavy atom. The number of nitrogens with zero attached hydrogens (tertiary/aromatic N) is 4. The summed E-state index contributed by atoms with van der Waals surface area (Å²) in [6, 6.07) is 8.77. The van der Waals surface area contributed by atoms with Crippen LogP contribution in [-0.2, 0) is 11.8 Å². The van der Waals surface area contributed by atoms with Crippen molar-refractivity contribution in [1.29, 1.82) is 0 Å². The summed E-state index contributed by atoms with van der Waals surface area (Å²) in [5, 5.41) is 15.0. The van der Waals surface area contributed by atoms with E-state index in [9.17, 15) is 4.79 Å². The average Bonchev–Trinajstić information content (AvgIpc) is 3.41. The van der Waals surface area contributed by atoms with Gasteiger partial charge in [0.25, 0.3) is 0 Å². The van der Waals surface area contributed by atoms with Crippen LogP contribution in [0.3, 0.4) is 0 Å². The molecule has 0 atom stereocenters. The van der Waals surface area contributed by atoms with E-state index in [2.05, 4.69) is 36.4 Å². The molecule has 154 valence electrons. The Balaban J connectivity index is 1.38. The monoisotopic (exact) mass is 543 g/mol. The normalized spacial score (nSPS) is 11.1. The van der Waals surface area contributed by atoms with Crippen LogP contribution in [0.25, 0.3) is 22.8 Å². The van der Waals surface area contributed by atoms with E-state index in [0.717, 1.165) is 5.56 Å². The molecule has 0 spiro atoms. The summed E-state index contributed by atoms with van der Waals surface area (Å²) in [7, 11) is 1.81. The number of hydrogen-bond acceptors (Lipinski definition) is 7. The van der Waals surface area contributed by atoms with E-state index >= 15 is 0 Å². The largest absolute Gasteiger partial charge is 0.446 e. The molecule has 0 aliphatic carbocycles. The first-order valence-electron chi connectivity index (χ1n) is 8.39. The molecule has 4 aromatic rings. The number of nitrogens with one attached hydrogen (secondary N) is 1. The number of carbonyl (C=O) groups is 1. The van der Waals surface area contributed by atoms with E-state index < -0.39 is 0 Å². The number of thioether (sulfide) groups is 1. The van der Waals surface area contributed by atoms with Gasteiger partial charge in [0.15, 0.2) is 26.5 Å². The fraction of sp³-hybridized carbons (Fsp3) is 0.111. The minimum Gasteiger partial charge on any atom is -0.446 e. The molecule has 12 heteroatoms. The Bertz CT molecular complexity index is 1220. The lowest BCUT2D eigenvalue weighted by Gasteiger charge is -2.03. The zero-order valence-electron chi connectivity index (χ0n) is 15.2. The zero-order valence-corrected chi connectivity index (χ0v) is 20.0. The van der Waals surface area contributed by atoms with E-state index in [-0.39, 0.29) is 11.7 Å². The van der Waals surface area contributed by atoms with Gasteiger partial charge in [-0.3, -0.25) is 4.79 Å². The molecule has 3 heterocycles. The summed E-state index contributed by atoms with van der Waals surface area (Å²) in [6.45, 7) is 0. The minimum atomic E-state index is -0.201. The van der Waals surface area contributed by atoms with Gasteiger partial charge in [-0.15, -0.1) is 21.5 Å². The van der Waals surface area contributed by atoms with E-state index in [4.69, 9.17) is 27.6 Å². The molecular weight excluding hydrogens is 533 g/mol. The zero-order chi connectivity index (χ0) is 21.3. The first kappa shape index (κ1) is 21.4. The Morgan fingerprint density at radius 2 is 2.13 bits per heavy atom. The van der Waals surface area contributed by atoms with Crippen LogP contribution in [0.1, 0.15) is 0 Å². The SMILES string of the molecule is Cn1c(SCC(=O)Nc2nc(-c3ccc(Cl)cc3Cl)cs2)nnc1-c1ccc(Br)o1. The molecule has 0 unspecified atom stereocenters. The van der Waals surface area contributed by atoms with Crippen LogP contribution in [0.4, 0.5) is 5.13 Å². The number of carbonyl (C=O) groups excluding carboxylic acids is 1. The molecule has 0 bridgehead atoms. The van der Waals surface area contributed by atoms with Crippen molar-refractivity contribution in [3.8, 4) is 22.8 Å². The average molecular weight is 545 g/mol. The maximum atomic E-state index is 12.3. The molecule has 1 aromatic carbocycles. The smallest absolute Gasteiger partial charge is 0.236 e. The number of aromatic nitrogens is 4. The van der Waals surface area contributed by atoms with Crippen molar-refractivity contribution in [2.45, 2.75) is 5.16 Å². The number of thiazole rings is 1. The van der Waals surface area contributed by atoms with Gasteiger partial charge in [0.1, 0.15) is 0 Å². The fourth-order valence-corrected chi connectivity index (χ4v) is 4.78. The van der Waals surface area contributed by atoms with E-state index in [1.165, 1.54) is 23.1 Å². The molecule has 7 nitrogen and oxygen atoms in total. The summed E-state index contributed by atoms with van der Waals surface area (Å²) in [5.41, 5.74) is 1.43. The number of hydrogen-bond donors (Lipinski definition) is 1. The van der Waals surface area contributed by atoms with Gasteiger partial charge in [0.2, 0.25) is 5.91 Å². The Labute approximate surface area is 197 Å². The van der Waals surface area contributed by atoms with E-state index in [0.29, 0.717) is 42.3 Å². The van der Waals surface area contributed by atoms with Crippen molar-refractivity contribution in [1.82, 2.24) is 19.7 Å². The summed E-state index contributed by atoms with van der Waals surface area (Å²) in [5.74, 6) is 1.12. The van der Waals surface area contributed by atoms with Gasteiger partial charge in [-0.2, -0.15) is 0 Å². The van der Waals surface area contributed by atoms with Crippen molar-refractivity contribution in [3.63, 3.8) is 0 Å². The molecule has 3 aromatic heterocycles. The molecule has 0 fully saturated rings. The van der Waals surface area contributed by atoms with Gasteiger partial charge in [0.05, 0.1) is 16.5 Å². The lowest BCUT2D eigenvalue weighted by Crippen LogP contribution is -2.14. The van der Waals surface area contributed by atoms with Crippen molar-refractivity contribution >= 4 is 73.3 Å². The highest BCUT2D eigenvalue weighted by atomic mass is 79.9. The third-order valence-electron chi connectivity index (χ3n) is 3.92. The van der Waals surface area contributed by atoms with Gasteiger partial charge in [-0.1, -0.05) is 35.0 Å². The Hall–Kier alpha value is -1.85. The second-order valence-electron chi connectivity index (χ2n) is 5.97. The second-order valence-corrected chi connectivity index (χ2v) is 9.39. The number of halogens is 3. The number of benzene rings is 1. The molecule has 1 N–H and O–H groups in total. The highest BCUT2D eigenvalue weighted by Crippen LogP contribution is 2.32. The van der Waals surface area contributed by atoms with Crippen molar-refractivity contribution in [2.24, 2.45) is 7.05 Å². The van der Waals surface area contributed by atoms with Gasteiger partial charge in [0, 0.05) is 23.0 Å².